The molecule has 1 aromatic heterocycles. The average molecular weight is 368 g/mol. The standard InChI is InChI=1S/C20H21FN4O2/c1-11(2)14-8-16(26-3)15(12-4-6-13(21)7-5-12)9-17(14)27-18-10-24-20(23)25-19(18)22/h4-11H,1-3H3,(H4,22,23,24,25). The van der Waals surface area contributed by atoms with Gasteiger partial charge in [0, 0.05) is 11.1 Å². The molecule has 6 nitrogen and oxygen atoms in total. The Morgan fingerprint density at radius 1 is 1.00 bits per heavy atom. The van der Waals surface area contributed by atoms with Gasteiger partial charge in [0.15, 0.2) is 11.6 Å². The summed E-state index contributed by atoms with van der Waals surface area (Å²) in [4.78, 5) is 7.85. The minimum Gasteiger partial charge on any atom is -0.496 e. The highest BCUT2D eigenvalue weighted by Crippen LogP contribution is 2.41. The summed E-state index contributed by atoms with van der Waals surface area (Å²) < 4.78 is 24.9. The zero-order valence-electron chi connectivity index (χ0n) is 15.4. The van der Waals surface area contributed by atoms with Gasteiger partial charge in [-0.3, -0.25) is 0 Å². The molecule has 4 N–H and O–H groups in total. The second-order valence-electron chi connectivity index (χ2n) is 6.33. The van der Waals surface area contributed by atoms with Crippen LogP contribution in [-0.2, 0) is 0 Å². The summed E-state index contributed by atoms with van der Waals surface area (Å²) in [5, 5.41) is 0. The molecule has 3 aromatic rings. The van der Waals surface area contributed by atoms with E-state index in [2.05, 4.69) is 9.97 Å². The molecule has 1 heterocycles. The Morgan fingerprint density at radius 2 is 1.70 bits per heavy atom. The number of aromatic nitrogens is 2. The summed E-state index contributed by atoms with van der Waals surface area (Å²) in [7, 11) is 1.60. The minimum atomic E-state index is -0.306. The lowest BCUT2D eigenvalue weighted by molar-refractivity contribution is 0.412. The van der Waals surface area contributed by atoms with Gasteiger partial charge in [-0.2, -0.15) is 4.98 Å². The fourth-order valence-corrected chi connectivity index (χ4v) is 2.73. The Bertz CT molecular complexity index is 959. The maximum Gasteiger partial charge on any atom is 0.222 e. The second kappa shape index (κ2) is 7.49. The zero-order valence-corrected chi connectivity index (χ0v) is 15.4. The van der Waals surface area contributed by atoms with Gasteiger partial charge in [-0.05, 0) is 35.7 Å². The smallest absolute Gasteiger partial charge is 0.222 e. The predicted molar refractivity (Wildman–Crippen MR) is 103 cm³/mol. The van der Waals surface area contributed by atoms with E-state index in [1.54, 1.807) is 19.2 Å². The topological polar surface area (TPSA) is 96.3 Å². The van der Waals surface area contributed by atoms with Crippen molar-refractivity contribution < 1.29 is 13.9 Å². The Morgan fingerprint density at radius 3 is 2.30 bits per heavy atom. The van der Waals surface area contributed by atoms with Crippen LogP contribution in [0.5, 0.6) is 17.2 Å². The Balaban J connectivity index is 2.13. The lowest BCUT2D eigenvalue weighted by Gasteiger charge is -2.19. The number of nitrogens with two attached hydrogens (primary N) is 2. The van der Waals surface area contributed by atoms with E-state index in [1.807, 2.05) is 26.0 Å². The third kappa shape index (κ3) is 3.92. The lowest BCUT2D eigenvalue weighted by atomic mass is 9.96. The van der Waals surface area contributed by atoms with Crippen molar-refractivity contribution in [2.24, 2.45) is 0 Å². The summed E-state index contributed by atoms with van der Waals surface area (Å²) in [6.45, 7) is 4.09. The number of anilines is 2. The Hall–Kier alpha value is -3.35. The van der Waals surface area contributed by atoms with E-state index in [1.165, 1.54) is 18.3 Å². The fraction of sp³-hybridized carbons (Fsp3) is 0.200. The van der Waals surface area contributed by atoms with E-state index >= 15 is 0 Å². The molecule has 0 bridgehead atoms. The molecule has 27 heavy (non-hydrogen) atoms. The maximum absolute atomic E-state index is 13.3. The SMILES string of the molecule is COc1cc(C(C)C)c(Oc2cnc(N)nc2N)cc1-c1ccc(F)cc1. The van der Waals surface area contributed by atoms with Crippen molar-refractivity contribution in [2.45, 2.75) is 19.8 Å². The van der Waals surface area contributed by atoms with Crippen LogP contribution >= 0.6 is 0 Å². The van der Waals surface area contributed by atoms with E-state index in [4.69, 9.17) is 20.9 Å². The molecule has 7 heteroatoms. The predicted octanol–water partition coefficient (Wildman–Crippen LogP) is 4.37. The van der Waals surface area contributed by atoms with Gasteiger partial charge < -0.3 is 20.9 Å². The van der Waals surface area contributed by atoms with Crippen molar-refractivity contribution in [3.05, 3.63) is 54.0 Å². The zero-order chi connectivity index (χ0) is 19.6. The highest BCUT2D eigenvalue weighted by atomic mass is 19.1. The van der Waals surface area contributed by atoms with Crippen LogP contribution < -0.4 is 20.9 Å². The van der Waals surface area contributed by atoms with Crippen molar-refractivity contribution in [1.82, 2.24) is 9.97 Å². The first-order valence-corrected chi connectivity index (χ1v) is 8.42. The van der Waals surface area contributed by atoms with Gasteiger partial charge in [0.25, 0.3) is 0 Å². The maximum atomic E-state index is 13.3. The number of methoxy groups -OCH3 is 1. The number of rotatable bonds is 5. The van der Waals surface area contributed by atoms with Crippen LogP contribution in [-0.4, -0.2) is 17.1 Å². The minimum absolute atomic E-state index is 0.0747. The van der Waals surface area contributed by atoms with Gasteiger partial charge in [0.05, 0.1) is 13.3 Å². The second-order valence-corrected chi connectivity index (χ2v) is 6.33. The third-order valence-corrected chi connectivity index (χ3v) is 4.13. The molecule has 0 radical (unpaired) electrons. The van der Waals surface area contributed by atoms with Crippen LogP contribution in [0.4, 0.5) is 16.2 Å². The summed E-state index contributed by atoms with van der Waals surface area (Å²) in [6.07, 6.45) is 1.43. The van der Waals surface area contributed by atoms with Crippen molar-refractivity contribution in [1.29, 1.82) is 0 Å². The molecule has 0 aliphatic carbocycles. The van der Waals surface area contributed by atoms with Gasteiger partial charge >= 0.3 is 0 Å². The van der Waals surface area contributed by atoms with Gasteiger partial charge in [-0.25, -0.2) is 9.37 Å². The van der Waals surface area contributed by atoms with Gasteiger partial charge in [0.1, 0.15) is 17.3 Å². The first kappa shape index (κ1) is 18.4. The van der Waals surface area contributed by atoms with Crippen LogP contribution in [0, 0.1) is 5.82 Å². The molecule has 0 amide bonds. The van der Waals surface area contributed by atoms with E-state index in [-0.39, 0.29) is 23.5 Å². The van der Waals surface area contributed by atoms with E-state index < -0.39 is 0 Å². The third-order valence-electron chi connectivity index (χ3n) is 4.13. The van der Waals surface area contributed by atoms with Gasteiger partial charge in [-0.1, -0.05) is 26.0 Å². The summed E-state index contributed by atoms with van der Waals surface area (Å²) in [6, 6.07) is 9.93. The van der Waals surface area contributed by atoms with Gasteiger partial charge in [-0.15, -0.1) is 0 Å². The number of nitrogen functional groups attached to an aromatic ring is 2. The first-order chi connectivity index (χ1) is 12.9. The summed E-state index contributed by atoms with van der Waals surface area (Å²) in [5.41, 5.74) is 13.9. The van der Waals surface area contributed by atoms with Crippen LogP contribution in [0.25, 0.3) is 11.1 Å². The number of hydrogen-bond acceptors (Lipinski definition) is 6. The van der Waals surface area contributed by atoms with Crippen molar-refractivity contribution >= 4 is 11.8 Å². The number of ether oxygens (including phenoxy) is 2. The van der Waals surface area contributed by atoms with Crippen molar-refractivity contribution in [2.75, 3.05) is 18.6 Å². The molecule has 0 saturated carbocycles. The number of hydrogen-bond donors (Lipinski definition) is 2. The molecule has 0 spiro atoms. The molecule has 0 saturated heterocycles. The van der Waals surface area contributed by atoms with Crippen molar-refractivity contribution in [3.63, 3.8) is 0 Å². The number of benzene rings is 2. The molecule has 0 fully saturated rings. The normalized spacial score (nSPS) is 10.9. The van der Waals surface area contributed by atoms with Crippen LogP contribution in [0.15, 0.2) is 42.6 Å². The first-order valence-electron chi connectivity index (χ1n) is 8.42. The van der Waals surface area contributed by atoms with Crippen molar-refractivity contribution in [3.8, 4) is 28.4 Å². The highest BCUT2D eigenvalue weighted by molar-refractivity contribution is 5.73. The number of halogens is 1. The molecule has 0 aliphatic heterocycles. The van der Waals surface area contributed by atoms with Crippen LogP contribution in [0.1, 0.15) is 25.3 Å². The largest absolute Gasteiger partial charge is 0.496 e. The molecular formula is C20H21FN4O2. The summed E-state index contributed by atoms with van der Waals surface area (Å²) in [5.74, 6) is 1.64. The van der Waals surface area contributed by atoms with Crippen LogP contribution in [0.3, 0.4) is 0 Å². The highest BCUT2D eigenvalue weighted by Gasteiger charge is 2.17. The Kier molecular flexibility index (Phi) is 5.12. The molecule has 140 valence electrons. The molecule has 2 aromatic carbocycles. The monoisotopic (exact) mass is 368 g/mol. The van der Waals surface area contributed by atoms with E-state index in [0.29, 0.717) is 17.2 Å². The van der Waals surface area contributed by atoms with Gasteiger partial charge in [0.2, 0.25) is 5.95 Å². The summed E-state index contributed by atoms with van der Waals surface area (Å²) >= 11 is 0. The molecule has 3 rings (SSSR count). The average Bonchev–Trinajstić information content (AvgIpc) is 2.64. The van der Waals surface area contributed by atoms with Crippen LogP contribution in [0.2, 0.25) is 0 Å². The molecule has 0 unspecified atom stereocenters. The lowest BCUT2D eigenvalue weighted by Crippen LogP contribution is -2.03. The number of nitrogens with zero attached hydrogens (tertiary/aromatic N) is 2. The fourth-order valence-electron chi connectivity index (χ4n) is 2.73. The van der Waals surface area contributed by atoms with E-state index in [0.717, 1.165) is 16.7 Å². The molecular weight excluding hydrogens is 347 g/mol. The van der Waals surface area contributed by atoms with E-state index in [9.17, 15) is 4.39 Å². The quantitative estimate of drug-likeness (QED) is 0.694. The molecule has 0 aliphatic rings. The Labute approximate surface area is 157 Å². The molecule has 0 atom stereocenters.